The van der Waals surface area contributed by atoms with Crippen molar-refractivity contribution in [1.29, 1.82) is 0 Å². The van der Waals surface area contributed by atoms with Gasteiger partial charge >= 0.3 is 0 Å². The van der Waals surface area contributed by atoms with Crippen molar-refractivity contribution in [1.82, 2.24) is 4.98 Å². The minimum absolute atomic E-state index is 0.173. The fourth-order valence-corrected chi connectivity index (χ4v) is 2.33. The Labute approximate surface area is 127 Å². The van der Waals surface area contributed by atoms with Crippen LogP contribution in [0.15, 0.2) is 41.0 Å². The molecule has 104 valence electrons. The van der Waals surface area contributed by atoms with E-state index in [1.165, 1.54) is 0 Å². The first kappa shape index (κ1) is 14.7. The molecule has 0 saturated carbocycles. The topological polar surface area (TPSA) is 42.0 Å². The summed E-state index contributed by atoms with van der Waals surface area (Å²) in [5, 5.41) is 3.00. The summed E-state index contributed by atoms with van der Waals surface area (Å²) in [6.07, 6.45) is 3.40. The molecule has 1 N–H and O–H groups in total. The van der Waals surface area contributed by atoms with E-state index in [1.807, 2.05) is 24.3 Å². The molecule has 0 aliphatic carbocycles. The van der Waals surface area contributed by atoms with Gasteiger partial charge in [0.05, 0.1) is 0 Å². The number of carbonyl (C=O) groups is 1. The van der Waals surface area contributed by atoms with Gasteiger partial charge in [-0.25, -0.2) is 4.98 Å². The highest BCUT2D eigenvalue weighted by atomic mass is 79.9. The summed E-state index contributed by atoms with van der Waals surface area (Å²) in [7, 11) is 0. The summed E-state index contributed by atoms with van der Waals surface area (Å²) >= 11 is 3.31. The third-order valence-electron chi connectivity index (χ3n) is 3.20. The van der Waals surface area contributed by atoms with E-state index in [1.54, 1.807) is 12.3 Å². The summed E-state index contributed by atoms with van der Waals surface area (Å²) in [6.45, 7) is 4.17. The quantitative estimate of drug-likeness (QED) is 0.910. The fourth-order valence-electron chi connectivity index (χ4n) is 2.09. The Morgan fingerprint density at radius 2 is 1.80 bits per heavy atom. The number of anilines is 1. The van der Waals surface area contributed by atoms with Crippen molar-refractivity contribution >= 4 is 27.5 Å². The summed E-state index contributed by atoms with van der Waals surface area (Å²) < 4.78 is 0.859. The zero-order valence-corrected chi connectivity index (χ0v) is 13.2. The summed E-state index contributed by atoms with van der Waals surface area (Å²) in [5.74, 6) is -0.173. The molecule has 0 atom stereocenters. The second-order valence-electron chi connectivity index (χ2n) is 4.47. The van der Waals surface area contributed by atoms with Crippen LogP contribution in [0.3, 0.4) is 0 Å². The normalized spacial score (nSPS) is 10.3. The van der Waals surface area contributed by atoms with Crippen molar-refractivity contribution in [2.75, 3.05) is 5.32 Å². The van der Waals surface area contributed by atoms with E-state index in [2.05, 4.69) is 40.1 Å². The SMILES string of the molecule is CCc1cccc(CC)c1NC(=O)c1ccc(Br)cn1. The van der Waals surface area contributed by atoms with E-state index in [0.717, 1.165) is 34.1 Å². The van der Waals surface area contributed by atoms with Crippen LogP contribution in [0.4, 0.5) is 5.69 Å². The van der Waals surface area contributed by atoms with Crippen LogP contribution in [0.5, 0.6) is 0 Å². The van der Waals surface area contributed by atoms with E-state index in [0.29, 0.717) is 5.69 Å². The van der Waals surface area contributed by atoms with Crippen molar-refractivity contribution in [3.8, 4) is 0 Å². The monoisotopic (exact) mass is 332 g/mol. The van der Waals surface area contributed by atoms with Gasteiger partial charge in [-0.1, -0.05) is 32.0 Å². The molecule has 1 heterocycles. The zero-order valence-electron chi connectivity index (χ0n) is 11.6. The first-order chi connectivity index (χ1) is 9.65. The molecular weight excluding hydrogens is 316 g/mol. The lowest BCUT2D eigenvalue weighted by Gasteiger charge is -2.14. The van der Waals surface area contributed by atoms with Gasteiger partial charge in [0.25, 0.3) is 5.91 Å². The molecule has 2 aromatic rings. The first-order valence-corrected chi connectivity index (χ1v) is 7.48. The largest absolute Gasteiger partial charge is 0.320 e. The molecular formula is C16H17BrN2O. The van der Waals surface area contributed by atoms with Crippen LogP contribution in [-0.2, 0) is 12.8 Å². The number of benzene rings is 1. The van der Waals surface area contributed by atoms with Crippen molar-refractivity contribution in [3.63, 3.8) is 0 Å². The number of nitrogens with one attached hydrogen (secondary N) is 1. The van der Waals surface area contributed by atoms with E-state index >= 15 is 0 Å². The van der Waals surface area contributed by atoms with Gasteiger partial charge in [-0.05, 0) is 52.0 Å². The van der Waals surface area contributed by atoms with E-state index in [4.69, 9.17) is 0 Å². The molecule has 1 aromatic heterocycles. The molecule has 0 aliphatic rings. The number of amides is 1. The smallest absolute Gasteiger partial charge is 0.274 e. The average molecular weight is 333 g/mol. The Bertz CT molecular complexity index is 586. The number of carbonyl (C=O) groups excluding carboxylic acids is 1. The Morgan fingerprint density at radius 3 is 2.30 bits per heavy atom. The number of hydrogen-bond donors (Lipinski definition) is 1. The van der Waals surface area contributed by atoms with E-state index in [9.17, 15) is 4.79 Å². The number of aryl methyl sites for hydroxylation is 2. The zero-order chi connectivity index (χ0) is 14.5. The van der Waals surface area contributed by atoms with Gasteiger partial charge in [0, 0.05) is 16.4 Å². The van der Waals surface area contributed by atoms with Crippen LogP contribution in [-0.4, -0.2) is 10.9 Å². The Hall–Kier alpha value is -1.68. The van der Waals surface area contributed by atoms with Gasteiger partial charge < -0.3 is 5.32 Å². The molecule has 0 spiro atoms. The lowest BCUT2D eigenvalue weighted by atomic mass is 10.0. The highest BCUT2D eigenvalue weighted by Crippen LogP contribution is 2.23. The van der Waals surface area contributed by atoms with Gasteiger partial charge in [0.15, 0.2) is 0 Å². The van der Waals surface area contributed by atoms with Gasteiger partial charge in [-0.2, -0.15) is 0 Å². The summed E-state index contributed by atoms with van der Waals surface area (Å²) in [6, 6.07) is 9.65. The van der Waals surface area contributed by atoms with Crippen molar-refractivity contribution < 1.29 is 4.79 Å². The maximum absolute atomic E-state index is 12.3. The number of hydrogen-bond acceptors (Lipinski definition) is 2. The molecule has 0 saturated heterocycles. The van der Waals surface area contributed by atoms with Gasteiger partial charge in [-0.3, -0.25) is 4.79 Å². The highest BCUT2D eigenvalue weighted by molar-refractivity contribution is 9.10. The molecule has 4 heteroatoms. The van der Waals surface area contributed by atoms with Gasteiger partial charge in [0.2, 0.25) is 0 Å². The summed E-state index contributed by atoms with van der Waals surface area (Å²) in [4.78, 5) is 16.4. The predicted molar refractivity (Wildman–Crippen MR) is 85.1 cm³/mol. The molecule has 20 heavy (non-hydrogen) atoms. The Kier molecular flexibility index (Phi) is 4.90. The number of nitrogens with zero attached hydrogens (tertiary/aromatic N) is 1. The molecule has 0 unspecified atom stereocenters. The van der Waals surface area contributed by atoms with E-state index in [-0.39, 0.29) is 5.91 Å². The van der Waals surface area contributed by atoms with Crippen LogP contribution in [0.1, 0.15) is 35.5 Å². The fraction of sp³-hybridized carbons (Fsp3) is 0.250. The molecule has 0 fully saturated rings. The minimum Gasteiger partial charge on any atom is -0.320 e. The maximum Gasteiger partial charge on any atom is 0.274 e. The van der Waals surface area contributed by atoms with Crippen LogP contribution in [0.25, 0.3) is 0 Å². The van der Waals surface area contributed by atoms with Crippen LogP contribution < -0.4 is 5.32 Å². The van der Waals surface area contributed by atoms with Crippen molar-refractivity contribution in [2.24, 2.45) is 0 Å². The molecule has 3 nitrogen and oxygen atoms in total. The number of aromatic nitrogens is 1. The standard InChI is InChI=1S/C16H17BrN2O/c1-3-11-6-5-7-12(4-2)15(11)19-16(20)14-9-8-13(17)10-18-14/h5-10H,3-4H2,1-2H3,(H,19,20). The molecule has 1 aromatic carbocycles. The van der Waals surface area contributed by atoms with Gasteiger partial charge in [-0.15, -0.1) is 0 Å². The van der Waals surface area contributed by atoms with E-state index < -0.39 is 0 Å². The Morgan fingerprint density at radius 1 is 1.15 bits per heavy atom. The van der Waals surface area contributed by atoms with Crippen LogP contribution in [0, 0.1) is 0 Å². The maximum atomic E-state index is 12.3. The highest BCUT2D eigenvalue weighted by Gasteiger charge is 2.12. The lowest BCUT2D eigenvalue weighted by molar-refractivity contribution is 0.102. The second-order valence-corrected chi connectivity index (χ2v) is 5.39. The summed E-state index contributed by atoms with van der Waals surface area (Å²) in [5.41, 5.74) is 3.64. The average Bonchev–Trinajstić information content (AvgIpc) is 2.48. The molecule has 0 bridgehead atoms. The molecule has 1 amide bonds. The molecule has 0 aliphatic heterocycles. The second kappa shape index (κ2) is 6.66. The number of halogens is 1. The van der Waals surface area contributed by atoms with Crippen LogP contribution in [0.2, 0.25) is 0 Å². The predicted octanol–water partition coefficient (Wildman–Crippen LogP) is 4.22. The molecule has 2 rings (SSSR count). The lowest BCUT2D eigenvalue weighted by Crippen LogP contribution is -2.16. The van der Waals surface area contributed by atoms with Crippen molar-refractivity contribution in [3.05, 3.63) is 57.8 Å². The minimum atomic E-state index is -0.173. The van der Waals surface area contributed by atoms with Crippen molar-refractivity contribution in [2.45, 2.75) is 26.7 Å². The van der Waals surface area contributed by atoms with Gasteiger partial charge in [0.1, 0.15) is 5.69 Å². The number of rotatable bonds is 4. The first-order valence-electron chi connectivity index (χ1n) is 6.69. The Balaban J connectivity index is 2.29. The number of para-hydroxylation sites is 1. The van der Waals surface area contributed by atoms with Crippen LogP contribution >= 0.6 is 15.9 Å². The third kappa shape index (κ3) is 3.25. The third-order valence-corrected chi connectivity index (χ3v) is 3.67. The number of pyridine rings is 1. The molecule has 0 radical (unpaired) electrons.